The largest absolute Gasteiger partial charge is 0.359 e. The minimum Gasteiger partial charge on any atom is -0.359 e. The Bertz CT molecular complexity index is 253. The first-order valence-electron chi connectivity index (χ1n) is 5.03. The lowest BCUT2D eigenvalue weighted by Crippen LogP contribution is -2.40. The summed E-state index contributed by atoms with van der Waals surface area (Å²) in [6, 6.07) is 0. The van der Waals surface area contributed by atoms with Gasteiger partial charge in [-0.3, -0.25) is 9.59 Å². The molecular weight excluding hydrogens is 180 g/mol. The smallest absolute Gasteiger partial charge is 0.227 e. The molecule has 2 amide bonds. The maximum atomic E-state index is 11.5. The first-order valence-corrected chi connectivity index (χ1v) is 5.03. The van der Waals surface area contributed by atoms with E-state index in [2.05, 4.69) is 5.32 Å². The summed E-state index contributed by atoms with van der Waals surface area (Å²) in [6.45, 7) is 5.02. The van der Waals surface area contributed by atoms with Crippen LogP contribution in [0.1, 0.15) is 26.7 Å². The number of carbonyl (C=O) groups excluding carboxylic acids is 2. The van der Waals surface area contributed by atoms with Gasteiger partial charge >= 0.3 is 0 Å². The topological polar surface area (TPSA) is 49.4 Å². The van der Waals surface area contributed by atoms with Crippen LogP contribution in [0.15, 0.2) is 0 Å². The minimum absolute atomic E-state index is 0.0314. The van der Waals surface area contributed by atoms with Gasteiger partial charge in [-0.1, -0.05) is 6.92 Å². The molecule has 4 nitrogen and oxygen atoms in total. The second-order valence-corrected chi connectivity index (χ2v) is 4.06. The average molecular weight is 198 g/mol. The van der Waals surface area contributed by atoms with Crippen molar-refractivity contribution in [2.45, 2.75) is 26.7 Å². The van der Waals surface area contributed by atoms with Crippen LogP contribution in [0.4, 0.5) is 0 Å². The molecule has 0 radical (unpaired) electrons. The Kier molecular flexibility index (Phi) is 3.13. The molecule has 0 aromatic rings. The highest BCUT2D eigenvalue weighted by atomic mass is 16.2. The van der Waals surface area contributed by atoms with Gasteiger partial charge in [0.25, 0.3) is 0 Å². The predicted molar refractivity (Wildman–Crippen MR) is 53.7 cm³/mol. The molecule has 1 N–H and O–H groups in total. The molecule has 0 aromatic carbocycles. The zero-order chi connectivity index (χ0) is 10.8. The summed E-state index contributed by atoms with van der Waals surface area (Å²) in [5.41, 5.74) is -0.389. The Balaban J connectivity index is 2.64. The molecule has 0 aliphatic carbocycles. The fourth-order valence-electron chi connectivity index (χ4n) is 1.88. The van der Waals surface area contributed by atoms with E-state index < -0.39 is 0 Å². The number of hydrogen-bond donors (Lipinski definition) is 1. The number of nitrogens with one attached hydrogen (secondary N) is 1. The van der Waals surface area contributed by atoms with E-state index in [4.69, 9.17) is 0 Å². The number of amides is 2. The van der Waals surface area contributed by atoms with E-state index in [0.29, 0.717) is 19.5 Å². The molecule has 1 unspecified atom stereocenters. The maximum Gasteiger partial charge on any atom is 0.227 e. The van der Waals surface area contributed by atoms with Crippen molar-refractivity contribution in [1.82, 2.24) is 10.2 Å². The fourth-order valence-corrected chi connectivity index (χ4v) is 1.88. The standard InChI is InChI=1S/C10H18N2O2/c1-4-8(13)12-6-5-10(2,7-12)9(14)11-3/h4-7H2,1-3H3,(H,11,14). The highest BCUT2D eigenvalue weighted by Gasteiger charge is 2.40. The summed E-state index contributed by atoms with van der Waals surface area (Å²) >= 11 is 0. The maximum absolute atomic E-state index is 11.5. The summed E-state index contributed by atoms with van der Waals surface area (Å²) in [6.07, 6.45) is 1.28. The van der Waals surface area contributed by atoms with Crippen LogP contribution in [-0.4, -0.2) is 36.9 Å². The van der Waals surface area contributed by atoms with Gasteiger partial charge < -0.3 is 10.2 Å². The Morgan fingerprint density at radius 2 is 2.14 bits per heavy atom. The Morgan fingerprint density at radius 3 is 2.64 bits per heavy atom. The second kappa shape index (κ2) is 3.98. The summed E-state index contributed by atoms with van der Waals surface area (Å²) < 4.78 is 0. The zero-order valence-corrected chi connectivity index (χ0v) is 9.09. The van der Waals surface area contributed by atoms with Crippen LogP contribution in [0.5, 0.6) is 0 Å². The van der Waals surface area contributed by atoms with Gasteiger partial charge in [0, 0.05) is 26.6 Å². The molecule has 1 saturated heterocycles. The monoisotopic (exact) mass is 198 g/mol. The van der Waals surface area contributed by atoms with E-state index in [1.807, 2.05) is 13.8 Å². The number of nitrogens with zero attached hydrogens (tertiary/aromatic N) is 1. The molecule has 0 saturated carbocycles. The number of rotatable bonds is 2. The molecule has 1 fully saturated rings. The second-order valence-electron chi connectivity index (χ2n) is 4.06. The van der Waals surface area contributed by atoms with Crippen molar-refractivity contribution < 1.29 is 9.59 Å². The molecule has 1 rings (SSSR count). The molecule has 1 heterocycles. The van der Waals surface area contributed by atoms with Crippen LogP contribution in [0.3, 0.4) is 0 Å². The Morgan fingerprint density at radius 1 is 1.50 bits per heavy atom. The van der Waals surface area contributed by atoms with E-state index in [0.717, 1.165) is 6.42 Å². The lowest BCUT2D eigenvalue weighted by atomic mass is 9.89. The van der Waals surface area contributed by atoms with Crippen LogP contribution in [0, 0.1) is 5.41 Å². The van der Waals surface area contributed by atoms with Gasteiger partial charge in [0.1, 0.15) is 0 Å². The third-order valence-electron chi connectivity index (χ3n) is 2.90. The van der Waals surface area contributed by atoms with E-state index >= 15 is 0 Å². The van der Waals surface area contributed by atoms with Crippen molar-refractivity contribution in [3.63, 3.8) is 0 Å². The highest BCUT2D eigenvalue weighted by molar-refractivity contribution is 5.84. The average Bonchev–Trinajstić information content (AvgIpc) is 2.60. The summed E-state index contributed by atoms with van der Waals surface area (Å²) in [4.78, 5) is 24.7. The molecule has 0 spiro atoms. The van der Waals surface area contributed by atoms with Gasteiger partial charge in [-0.25, -0.2) is 0 Å². The zero-order valence-electron chi connectivity index (χ0n) is 9.09. The van der Waals surface area contributed by atoms with Crippen LogP contribution >= 0.6 is 0 Å². The summed E-state index contributed by atoms with van der Waals surface area (Å²) in [7, 11) is 1.64. The van der Waals surface area contributed by atoms with E-state index in [1.54, 1.807) is 11.9 Å². The lowest BCUT2D eigenvalue weighted by Gasteiger charge is -2.22. The molecule has 14 heavy (non-hydrogen) atoms. The van der Waals surface area contributed by atoms with E-state index in [9.17, 15) is 9.59 Å². The number of likely N-dealkylation sites (tertiary alicyclic amines) is 1. The highest BCUT2D eigenvalue weighted by Crippen LogP contribution is 2.30. The third kappa shape index (κ3) is 1.89. The molecule has 1 aliphatic rings. The predicted octanol–water partition coefficient (Wildman–Crippen LogP) is 0.381. The van der Waals surface area contributed by atoms with Crippen LogP contribution < -0.4 is 5.32 Å². The Hall–Kier alpha value is -1.06. The summed E-state index contributed by atoms with van der Waals surface area (Å²) in [5.74, 6) is 0.168. The van der Waals surface area contributed by atoms with Gasteiger partial charge in [-0.05, 0) is 13.3 Å². The lowest BCUT2D eigenvalue weighted by molar-refractivity contribution is -0.132. The minimum atomic E-state index is -0.389. The van der Waals surface area contributed by atoms with Crippen molar-refractivity contribution in [1.29, 1.82) is 0 Å². The van der Waals surface area contributed by atoms with Crippen molar-refractivity contribution >= 4 is 11.8 Å². The first-order chi connectivity index (χ1) is 6.53. The van der Waals surface area contributed by atoms with Crippen molar-refractivity contribution in [2.24, 2.45) is 5.41 Å². The normalized spacial score (nSPS) is 26.4. The van der Waals surface area contributed by atoms with Crippen molar-refractivity contribution in [3.8, 4) is 0 Å². The molecule has 1 atom stereocenters. The van der Waals surface area contributed by atoms with E-state index in [-0.39, 0.29) is 17.2 Å². The number of carbonyl (C=O) groups is 2. The van der Waals surface area contributed by atoms with Crippen LogP contribution in [-0.2, 0) is 9.59 Å². The fraction of sp³-hybridized carbons (Fsp3) is 0.800. The van der Waals surface area contributed by atoms with Crippen molar-refractivity contribution in [3.05, 3.63) is 0 Å². The SMILES string of the molecule is CCC(=O)N1CCC(C)(C(=O)NC)C1. The first kappa shape index (κ1) is 11.0. The van der Waals surface area contributed by atoms with Gasteiger partial charge in [-0.2, -0.15) is 0 Å². The molecule has 0 aromatic heterocycles. The van der Waals surface area contributed by atoms with Gasteiger partial charge in [-0.15, -0.1) is 0 Å². The summed E-state index contributed by atoms with van der Waals surface area (Å²) in [5, 5.41) is 2.65. The third-order valence-corrected chi connectivity index (χ3v) is 2.90. The van der Waals surface area contributed by atoms with Gasteiger partial charge in [0.15, 0.2) is 0 Å². The van der Waals surface area contributed by atoms with Crippen LogP contribution in [0.2, 0.25) is 0 Å². The molecule has 1 aliphatic heterocycles. The number of hydrogen-bond acceptors (Lipinski definition) is 2. The quantitative estimate of drug-likeness (QED) is 0.697. The van der Waals surface area contributed by atoms with Gasteiger partial charge in [0.2, 0.25) is 11.8 Å². The molecule has 0 bridgehead atoms. The van der Waals surface area contributed by atoms with Crippen molar-refractivity contribution in [2.75, 3.05) is 20.1 Å². The van der Waals surface area contributed by atoms with Crippen LogP contribution in [0.25, 0.3) is 0 Å². The molecule has 4 heteroatoms. The molecule has 80 valence electrons. The Labute approximate surface area is 84.7 Å². The van der Waals surface area contributed by atoms with E-state index in [1.165, 1.54) is 0 Å². The van der Waals surface area contributed by atoms with Gasteiger partial charge in [0.05, 0.1) is 5.41 Å². The molecular formula is C10H18N2O2.